The lowest BCUT2D eigenvalue weighted by Crippen LogP contribution is -2.48. The quantitative estimate of drug-likeness (QED) is 0.695. The average Bonchev–Trinajstić information content (AvgIpc) is 2.68. The molecular weight excluding hydrogens is 408 g/mol. The second-order valence-electron chi connectivity index (χ2n) is 6.65. The van der Waals surface area contributed by atoms with Gasteiger partial charge in [0, 0.05) is 17.1 Å². The number of benzene rings is 2. The zero-order valence-electron chi connectivity index (χ0n) is 15.5. The van der Waals surface area contributed by atoms with E-state index in [0.29, 0.717) is 18.0 Å². The van der Waals surface area contributed by atoms with Gasteiger partial charge in [-0.2, -0.15) is 0 Å². The Morgan fingerprint density at radius 3 is 2.70 bits per heavy atom. The fourth-order valence-electron chi connectivity index (χ4n) is 3.07. The van der Waals surface area contributed by atoms with E-state index in [2.05, 4.69) is 22.9 Å². The molecule has 0 bridgehead atoms. The lowest BCUT2D eigenvalue weighted by atomic mass is 10.1. The molecule has 1 heterocycles. The fraction of sp³-hybridized carbons (Fsp3) is 0.333. The minimum absolute atomic E-state index is 0.00794. The van der Waals surface area contributed by atoms with Crippen LogP contribution in [0, 0.1) is 0 Å². The van der Waals surface area contributed by atoms with Gasteiger partial charge >= 0.3 is 0 Å². The highest BCUT2D eigenvalue weighted by Crippen LogP contribution is 2.34. The average molecular weight is 431 g/mol. The van der Waals surface area contributed by atoms with Crippen molar-refractivity contribution >= 4 is 33.4 Å². The summed E-state index contributed by atoms with van der Waals surface area (Å²) in [6.07, 6.45) is 0.846. The molecule has 5 nitrogen and oxygen atoms in total. The largest absolute Gasteiger partial charge is 0.482 e. The standard InChI is InChI=1S/C21H23BrN2O3/c1-3-15(2)23(12-16-7-5-4-6-8-16)20(25)13-24-18-10-9-17(22)11-19(18)27-14-21(24)26/h4-11,15H,3,12-14H2,1-2H3. The van der Waals surface area contributed by atoms with E-state index in [-0.39, 0.29) is 31.0 Å². The third kappa shape index (κ3) is 4.50. The first-order valence-corrected chi connectivity index (χ1v) is 9.85. The Kier molecular flexibility index (Phi) is 6.16. The van der Waals surface area contributed by atoms with Gasteiger partial charge in [0.2, 0.25) is 5.91 Å². The minimum atomic E-state index is -0.206. The highest BCUT2D eigenvalue weighted by atomic mass is 79.9. The molecule has 3 rings (SSSR count). The SMILES string of the molecule is CCC(C)N(Cc1ccccc1)C(=O)CN1C(=O)COc2cc(Br)ccc21. The molecule has 2 aromatic rings. The fourth-order valence-corrected chi connectivity index (χ4v) is 3.41. The number of carbonyl (C=O) groups is 2. The van der Waals surface area contributed by atoms with E-state index in [9.17, 15) is 9.59 Å². The Bertz CT molecular complexity index is 825. The van der Waals surface area contributed by atoms with Gasteiger partial charge in [-0.1, -0.05) is 53.2 Å². The van der Waals surface area contributed by atoms with E-state index < -0.39 is 0 Å². The molecule has 1 aliphatic heterocycles. The van der Waals surface area contributed by atoms with Crippen molar-refractivity contribution < 1.29 is 14.3 Å². The number of nitrogens with zero attached hydrogens (tertiary/aromatic N) is 2. The van der Waals surface area contributed by atoms with Gasteiger partial charge in [0.25, 0.3) is 5.91 Å². The maximum atomic E-state index is 13.1. The maximum absolute atomic E-state index is 13.1. The van der Waals surface area contributed by atoms with Crippen LogP contribution < -0.4 is 9.64 Å². The van der Waals surface area contributed by atoms with Crippen LogP contribution in [0.2, 0.25) is 0 Å². The molecule has 0 saturated heterocycles. The normalized spacial score (nSPS) is 14.3. The molecule has 1 unspecified atom stereocenters. The number of hydrogen-bond acceptors (Lipinski definition) is 3. The molecule has 0 saturated carbocycles. The summed E-state index contributed by atoms with van der Waals surface area (Å²) in [6.45, 7) is 4.57. The van der Waals surface area contributed by atoms with Crippen molar-refractivity contribution in [3.05, 3.63) is 58.6 Å². The summed E-state index contributed by atoms with van der Waals surface area (Å²) in [6, 6.07) is 15.4. The Hall–Kier alpha value is -2.34. The molecule has 1 aliphatic rings. The van der Waals surface area contributed by atoms with Gasteiger partial charge in [0.15, 0.2) is 6.61 Å². The first-order chi connectivity index (χ1) is 13.0. The molecule has 6 heteroatoms. The molecule has 0 aliphatic carbocycles. The lowest BCUT2D eigenvalue weighted by molar-refractivity contribution is -0.134. The number of fused-ring (bicyclic) bond motifs is 1. The Balaban J connectivity index is 1.82. The zero-order chi connectivity index (χ0) is 19.4. The number of rotatable bonds is 6. The summed E-state index contributed by atoms with van der Waals surface area (Å²) in [5, 5.41) is 0. The van der Waals surface area contributed by atoms with Crippen LogP contribution in [-0.2, 0) is 16.1 Å². The molecular formula is C21H23BrN2O3. The van der Waals surface area contributed by atoms with Crippen molar-refractivity contribution in [2.45, 2.75) is 32.9 Å². The lowest BCUT2D eigenvalue weighted by Gasteiger charge is -2.33. The van der Waals surface area contributed by atoms with Crippen LogP contribution in [-0.4, -0.2) is 35.9 Å². The van der Waals surface area contributed by atoms with Crippen LogP contribution >= 0.6 is 15.9 Å². The van der Waals surface area contributed by atoms with Gasteiger partial charge < -0.3 is 9.64 Å². The highest BCUT2D eigenvalue weighted by Gasteiger charge is 2.30. The molecule has 2 aromatic carbocycles. The van der Waals surface area contributed by atoms with E-state index in [1.165, 1.54) is 4.90 Å². The second kappa shape index (κ2) is 8.57. The first-order valence-electron chi connectivity index (χ1n) is 9.05. The summed E-state index contributed by atoms with van der Waals surface area (Å²) < 4.78 is 6.37. The molecule has 0 aromatic heterocycles. The molecule has 0 radical (unpaired) electrons. The van der Waals surface area contributed by atoms with E-state index in [0.717, 1.165) is 16.5 Å². The van der Waals surface area contributed by atoms with Crippen molar-refractivity contribution in [2.75, 3.05) is 18.1 Å². The summed E-state index contributed by atoms with van der Waals surface area (Å²) in [4.78, 5) is 28.9. The monoisotopic (exact) mass is 430 g/mol. The Labute approximate surface area is 168 Å². The smallest absolute Gasteiger partial charge is 0.265 e. The van der Waals surface area contributed by atoms with Crippen LogP contribution in [0.5, 0.6) is 5.75 Å². The second-order valence-corrected chi connectivity index (χ2v) is 7.56. The van der Waals surface area contributed by atoms with E-state index in [4.69, 9.17) is 4.74 Å². The van der Waals surface area contributed by atoms with Gasteiger partial charge in [-0.05, 0) is 37.1 Å². The summed E-state index contributed by atoms with van der Waals surface area (Å²) in [5.41, 5.74) is 1.70. The van der Waals surface area contributed by atoms with Gasteiger partial charge in [-0.3, -0.25) is 14.5 Å². The van der Waals surface area contributed by atoms with E-state index >= 15 is 0 Å². The van der Waals surface area contributed by atoms with Crippen LogP contribution in [0.4, 0.5) is 5.69 Å². The van der Waals surface area contributed by atoms with Crippen molar-refractivity contribution in [3.8, 4) is 5.75 Å². The Morgan fingerprint density at radius 1 is 1.26 bits per heavy atom. The van der Waals surface area contributed by atoms with Gasteiger partial charge in [0.05, 0.1) is 5.69 Å². The van der Waals surface area contributed by atoms with Crippen molar-refractivity contribution in [3.63, 3.8) is 0 Å². The molecule has 27 heavy (non-hydrogen) atoms. The molecule has 0 fully saturated rings. The summed E-state index contributed by atoms with van der Waals surface area (Å²) >= 11 is 3.41. The number of anilines is 1. The topological polar surface area (TPSA) is 49.9 Å². The van der Waals surface area contributed by atoms with Crippen molar-refractivity contribution in [1.29, 1.82) is 0 Å². The number of ether oxygens (including phenoxy) is 1. The van der Waals surface area contributed by atoms with E-state index in [1.807, 2.05) is 54.3 Å². The minimum Gasteiger partial charge on any atom is -0.482 e. The highest BCUT2D eigenvalue weighted by molar-refractivity contribution is 9.10. The number of carbonyl (C=O) groups excluding carboxylic acids is 2. The molecule has 0 spiro atoms. The first kappa shape index (κ1) is 19.4. The van der Waals surface area contributed by atoms with Crippen LogP contribution in [0.25, 0.3) is 0 Å². The van der Waals surface area contributed by atoms with Crippen molar-refractivity contribution in [1.82, 2.24) is 4.90 Å². The van der Waals surface area contributed by atoms with Crippen LogP contribution in [0.1, 0.15) is 25.8 Å². The van der Waals surface area contributed by atoms with E-state index in [1.54, 1.807) is 6.07 Å². The number of hydrogen-bond donors (Lipinski definition) is 0. The van der Waals surface area contributed by atoms with Crippen LogP contribution in [0.3, 0.4) is 0 Å². The predicted octanol–water partition coefficient (Wildman–Crippen LogP) is 4.00. The molecule has 2 amide bonds. The summed E-state index contributed by atoms with van der Waals surface area (Å²) in [7, 11) is 0. The molecule has 142 valence electrons. The molecule has 1 atom stereocenters. The maximum Gasteiger partial charge on any atom is 0.265 e. The molecule has 0 N–H and O–H groups in total. The Morgan fingerprint density at radius 2 is 2.00 bits per heavy atom. The van der Waals surface area contributed by atoms with Crippen molar-refractivity contribution in [2.24, 2.45) is 0 Å². The summed E-state index contributed by atoms with van der Waals surface area (Å²) in [5.74, 6) is 0.328. The van der Waals surface area contributed by atoms with Gasteiger partial charge in [-0.25, -0.2) is 0 Å². The number of amides is 2. The van der Waals surface area contributed by atoms with Gasteiger partial charge in [0.1, 0.15) is 12.3 Å². The third-order valence-corrected chi connectivity index (χ3v) is 5.29. The zero-order valence-corrected chi connectivity index (χ0v) is 17.1. The number of halogens is 1. The van der Waals surface area contributed by atoms with Gasteiger partial charge in [-0.15, -0.1) is 0 Å². The predicted molar refractivity (Wildman–Crippen MR) is 109 cm³/mol. The third-order valence-electron chi connectivity index (χ3n) is 4.80. The van der Waals surface area contributed by atoms with Crippen LogP contribution in [0.15, 0.2) is 53.0 Å².